The average Bonchev–Trinajstić information content (AvgIpc) is 2.40. The molecule has 0 radical (unpaired) electrons. The molecule has 0 saturated heterocycles. The van der Waals surface area contributed by atoms with Crippen molar-refractivity contribution in [2.45, 2.75) is 6.92 Å². The number of hydrogen-bond acceptors (Lipinski definition) is 4. The zero-order valence-electron chi connectivity index (χ0n) is 9.46. The molecule has 0 bridgehead atoms. The number of rotatable bonds is 3. The Kier molecular flexibility index (Phi) is 3.45. The molecule has 0 spiro atoms. The lowest BCUT2D eigenvalue weighted by molar-refractivity contribution is 0.0527. The minimum atomic E-state index is -0.362. The molecular formula is C13H12N2O2. The molecule has 17 heavy (non-hydrogen) atoms. The van der Waals surface area contributed by atoms with E-state index in [1.165, 1.54) is 0 Å². The van der Waals surface area contributed by atoms with Crippen LogP contribution in [-0.2, 0) is 4.74 Å². The minimum absolute atomic E-state index is 0.347. The first kappa shape index (κ1) is 11.3. The molecule has 2 aromatic rings. The van der Waals surface area contributed by atoms with Gasteiger partial charge in [-0.1, -0.05) is 0 Å². The van der Waals surface area contributed by atoms with Gasteiger partial charge in [0, 0.05) is 24.2 Å². The third kappa shape index (κ3) is 2.47. The van der Waals surface area contributed by atoms with Gasteiger partial charge in [-0.15, -0.1) is 0 Å². The fourth-order valence-electron chi connectivity index (χ4n) is 1.51. The van der Waals surface area contributed by atoms with Gasteiger partial charge in [0.05, 0.1) is 17.9 Å². The third-order valence-corrected chi connectivity index (χ3v) is 2.24. The second-order valence-corrected chi connectivity index (χ2v) is 3.36. The lowest BCUT2D eigenvalue weighted by Gasteiger charge is -2.07. The smallest absolute Gasteiger partial charge is 0.340 e. The molecule has 0 fully saturated rings. The van der Waals surface area contributed by atoms with Crippen LogP contribution < -0.4 is 0 Å². The summed E-state index contributed by atoms with van der Waals surface area (Å²) in [7, 11) is 0. The lowest BCUT2D eigenvalue weighted by atomic mass is 10.1. The Morgan fingerprint density at radius 1 is 1.29 bits per heavy atom. The van der Waals surface area contributed by atoms with Gasteiger partial charge in [0.25, 0.3) is 0 Å². The highest BCUT2D eigenvalue weighted by molar-refractivity contribution is 5.95. The van der Waals surface area contributed by atoms with Gasteiger partial charge in [-0.3, -0.25) is 9.97 Å². The van der Waals surface area contributed by atoms with Crippen molar-refractivity contribution in [3.8, 4) is 11.3 Å². The number of carbonyl (C=O) groups excluding carboxylic acids is 1. The van der Waals surface area contributed by atoms with E-state index >= 15 is 0 Å². The van der Waals surface area contributed by atoms with Crippen molar-refractivity contribution >= 4 is 5.97 Å². The van der Waals surface area contributed by atoms with Crippen molar-refractivity contribution in [3.05, 3.63) is 48.4 Å². The Labute approximate surface area is 99.3 Å². The first-order valence-corrected chi connectivity index (χ1v) is 5.35. The van der Waals surface area contributed by atoms with Crippen LogP contribution in [0.15, 0.2) is 42.9 Å². The molecule has 2 aromatic heterocycles. The molecule has 0 aliphatic heterocycles. The summed E-state index contributed by atoms with van der Waals surface area (Å²) in [6.45, 7) is 2.12. The van der Waals surface area contributed by atoms with Crippen molar-refractivity contribution in [2.75, 3.05) is 6.61 Å². The molecule has 0 unspecified atom stereocenters. The standard InChI is InChI=1S/C13H12N2O2/c1-2-17-13(16)11-6-4-8-15-12(11)10-5-3-7-14-9-10/h3-9H,2H2,1H3. The maximum Gasteiger partial charge on any atom is 0.340 e. The quantitative estimate of drug-likeness (QED) is 0.756. The van der Waals surface area contributed by atoms with Gasteiger partial charge in [-0.05, 0) is 31.2 Å². The number of carbonyl (C=O) groups is 1. The summed E-state index contributed by atoms with van der Waals surface area (Å²) in [6, 6.07) is 7.08. The fourth-order valence-corrected chi connectivity index (χ4v) is 1.51. The minimum Gasteiger partial charge on any atom is -0.462 e. The highest BCUT2D eigenvalue weighted by Crippen LogP contribution is 2.20. The summed E-state index contributed by atoms with van der Waals surface area (Å²) in [6.07, 6.45) is 4.99. The summed E-state index contributed by atoms with van der Waals surface area (Å²) >= 11 is 0. The first-order valence-electron chi connectivity index (χ1n) is 5.35. The van der Waals surface area contributed by atoms with Gasteiger partial charge in [-0.25, -0.2) is 4.79 Å². The largest absolute Gasteiger partial charge is 0.462 e. The summed E-state index contributed by atoms with van der Waals surface area (Å²) < 4.78 is 4.99. The van der Waals surface area contributed by atoms with Crippen LogP contribution >= 0.6 is 0 Å². The third-order valence-electron chi connectivity index (χ3n) is 2.24. The van der Waals surface area contributed by atoms with Gasteiger partial charge >= 0.3 is 5.97 Å². The predicted octanol–water partition coefficient (Wildman–Crippen LogP) is 2.32. The molecule has 0 aliphatic carbocycles. The van der Waals surface area contributed by atoms with E-state index in [9.17, 15) is 4.79 Å². The molecule has 0 aliphatic rings. The van der Waals surface area contributed by atoms with Crippen LogP contribution in [0.1, 0.15) is 17.3 Å². The molecule has 4 nitrogen and oxygen atoms in total. The van der Waals surface area contributed by atoms with E-state index in [1.54, 1.807) is 43.7 Å². The fraction of sp³-hybridized carbons (Fsp3) is 0.154. The second-order valence-electron chi connectivity index (χ2n) is 3.36. The zero-order valence-corrected chi connectivity index (χ0v) is 9.46. The molecule has 0 atom stereocenters. The van der Waals surface area contributed by atoms with Crippen LogP contribution in [0, 0.1) is 0 Å². The Hall–Kier alpha value is -2.23. The second kappa shape index (κ2) is 5.21. The number of nitrogens with zero attached hydrogens (tertiary/aromatic N) is 2. The van der Waals surface area contributed by atoms with Crippen LogP contribution in [0.4, 0.5) is 0 Å². The summed E-state index contributed by atoms with van der Waals surface area (Å²) in [5.74, 6) is -0.362. The number of pyridine rings is 2. The molecule has 0 aromatic carbocycles. The lowest BCUT2D eigenvalue weighted by Crippen LogP contribution is -2.07. The molecule has 0 amide bonds. The van der Waals surface area contributed by atoms with Gasteiger partial charge in [0.15, 0.2) is 0 Å². The van der Waals surface area contributed by atoms with Crippen molar-refractivity contribution < 1.29 is 9.53 Å². The molecule has 4 heteroatoms. The van der Waals surface area contributed by atoms with Gasteiger partial charge < -0.3 is 4.74 Å². The van der Waals surface area contributed by atoms with Crippen molar-refractivity contribution in [3.63, 3.8) is 0 Å². The Morgan fingerprint density at radius 3 is 2.82 bits per heavy atom. The summed E-state index contributed by atoms with van der Waals surface area (Å²) in [4.78, 5) is 20.0. The summed E-state index contributed by atoms with van der Waals surface area (Å²) in [5.41, 5.74) is 1.86. The number of hydrogen-bond donors (Lipinski definition) is 0. The van der Waals surface area contributed by atoms with E-state index in [0.29, 0.717) is 17.9 Å². The first-order chi connectivity index (χ1) is 8.33. The Balaban J connectivity index is 2.45. The maximum absolute atomic E-state index is 11.8. The van der Waals surface area contributed by atoms with E-state index in [1.807, 2.05) is 6.07 Å². The van der Waals surface area contributed by atoms with E-state index in [2.05, 4.69) is 9.97 Å². The number of esters is 1. The molecule has 0 saturated carbocycles. The Bertz CT molecular complexity index is 512. The average molecular weight is 228 g/mol. The van der Waals surface area contributed by atoms with Crippen molar-refractivity contribution in [1.29, 1.82) is 0 Å². The normalized spacial score (nSPS) is 9.94. The van der Waals surface area contributed by atoms with Crippen LogP contribution in [0.25, 0.3) is 11.3 Å². The van der Waals surface area contributed by atoms with Crippen LogP contribution in [0.3, 0.4) is 0 Å². The molecule has 2 rings (SSSR count). The van der Waals surface area contributed by atoms with E-state index < -0.39 is 0 Å². The zero-order chi connectivity index (χ0) is 12.1. The maximum atomic E-state index is 11.8. The van der Waals surface area contributed by atoms with Crippen LogP contribution in [0.5, 0.6) is 0 Å². The Morgan fingerprint density at radius 2 is 2.12 bits per heavy atom. The van der Waals surface area contributed by atoms with E-state index in [0.717, 1.165) is 5.56 Å². The van der Waals surface area contributed by atoms with Gasteiger partial charge in [-0.2, -0.15) is 0 Å². The van der Waals surface area contributed by atoms with Crippen LogP contribution in [0.2, 0.25) is 0 Å². The SMILES string of the molecule is CCOC(=O)c1cccnc1-c1cccnc1. The molecule has 2 heterocycles. The molecule has 0 N–H and O–H groups in total. The molecular weight excluding hydrogens is 216 g/mol. The summed E-state index contributed by atoms with van der Waals surface area (Å²) in [5, 5.41) is 0. The number of aromatic nitrogens is 2. The number of ether oxygens (including phenoxy) is 1. The van der Waals surface area contributed by atoms with Gasteiger partial charge in [0.1, 0.15) is 0 Å². The predicted molar refractivity (Wildman–Crippen MR) is 63.4 cm³/mol. The highest BCUT2D eigenvalue weighted by Gasteiger charge is 2.14. The topological polar surface area (TPSA) is 52.1 Å². The van der Waals surface area contributed by atoms with Gasteiger partial charge in [0.2, 0.25) is 0 Å². The van der Waals surface area contributed by atoms with E-state index in [4.69, 9.17) is 4.74 Å². The highest BCUT2D eigenvalue weighted by atomic mass is 16.5. The van der Waals surface area contributed by atoms with Crippen LogP contribution in [-0.4, -0.2) is 22.5 Å². The molecule has 86 valence electrons. The van der Waals surface area contributed by atoms with E-state index in [-0.39, 0.29) is 5.97 Å². The monoisotopic (exact) mass is 228 g/mol. The van der Waals surface area contributed by atoms with Crippen molar-refractivity contribution in [2.24, 2.45) is 0 Å². The van der Waals surface area contributed by atoms with Crippen molar-refractivity contribution in [1.82, 2.24) is 9.97 Å².